The molecule has 5 nitrogen and oxygen atoms in total. The molecular weight excluding hydrogens is 264 g/mol. The molecule has 1 unspecified atom stereocenters. The zero-order chi connectivity index (χ0) is 13.7. The molecule has 1 aliphatic rings. The quantitative estimate of drug-likeness (QED) is 0.803. The van der Waals surface area contributed by atoms with Crippen LogP contribution < -0.4 is 10.0 Å². The van der Waals surface area contributed by atoms with Crippen molar-refractivity contribution in [1.29, 1.82) is 0 Å². The average molecular weight is 284 g/mol. The number of benzene rings is 1. The van der Waals surface area contributed by atoms with E-state index in [1.165, 1.54) is 0 Å². The van der Waals surface area contributed by atoms with Gasteiger partial charge < -0.3 is 10.1 Å². The van der Waals surface area contributed by atoms with E-state index in [0.717, 1.165) is 24.1 Å². The number of rotatable bonds is 6. The largest absolute Gasteiger partial charge is 0.380 e. The summed E-state index contributed by atoms with van der Waals surface area (Å²) in [4.78, 5) is 0. The second kappa shape index (κ2) is 6.47. The Hall–Kier alpha value is -0.950. The Morgan fingerprint density at radius 2 is 2.16 bits per heavy atom. The van der Waals surface area contributed by atoms with E-state index in [1.807, 2.05) is 31.3 Å². The van der Waals surface area contributed by atoms with Crippen LogP contribution in [0, 0.1) is 0 Å². The second-order valence-electron chi connectivity index (χ2n) is 4.79. The molecule has 1 atom stereocenters. The van der Waals surface area contributed by atoms with Crippen LogP contribution in [0.3, 0.4) is 0 Å². The molecule has 6 heteroatoms. The van der Waals surface area contributed by atoms with Crippen LogP contribution in [-0.2, 0) is 27.1 Å². The molecule has 0 aromatic heterocycles. The Labute approximate surface area is 114 Å². The van der Waals surface area contributed by atoms with Gasteiger partial charge in [-0.25, -0.2) is 13.1 Å². The summed E-state index contributed by atoms with van der Waals surface area (Å²) in [7, 11) is -1.43. The fourth-order valence-corrected chi connectivity index (χ4v) is 3.57. The van der Waals surface area contributed by atoms with Gasteiger partial charge in [-0.2, -0.15) is 0 Å². The maximum Gasteiger partial charge on any atom is 0.216 e. The summed E-state index contributed by atoms with van der Waals surface area (Å²) in [5.41, 5.74) is 1.89. The highest BCUT2D eigenvalue weighted by Gasteiger charge is 2.22. The first-order chi connectivity index (χ1) is 9.09. The molecule has 106 valence electrons. The molecule has 1 heterocycles. The number of hydrogen-bond donors (Lipinski definition) is 2. The summed E-state index contributed by atoms with van der Waals surface area (Å²) in [5.74, 6) is 0.0149. The van der Waals surface area contributed by atoms with Crippen molar-refractivity contribution in [3.05, 3.63) is 35.4 Å². The van der Waals surface area contributed by atoms with Gasteiger partial charge in [0.15, 0.2) is 0 Å². The number of hydrogen-bond acceptors (Lipinski definition) is 4. The lowest BCUT2D eigenvalue weighted by molar-refractivity contribution is 0.192. The van der Waals surface area contributed by atoms with E-state index >= 15 is 0 Å². The van der Waals surface area contributed by atoms with Crippen LogP contribution in [0.15, 0.2) is 24.3 Å². The van der Waals surface area contributed by atoms with Crippen molar-refractivity contribution in [2.75, 3.05) is 20.3 Å². The van der Waals surface area contributed by atoms with Crippen molar-refractivity contribution < 1.29 is 13.2 Å². The van der Waals surface area contributed by atoms with Crippen LogP contribution in [0.25, 0.3) is 0 Å². The first-order valence-corrected chi connectivity index (χ1v) is 8.04. The molecule has 0 aliphatic carbocycles. The average Bonchev–Trinajstić information content (AvgIpc) is 2.81. The molecule has 0 radical (unpaired) electrons. The summed E-state index contributed by atoms with van der Waals surface area (Å²) >= 11 is 0. The van der Waals surface area contributed by atoms with Crippen molar-refractivity contribution in [3.63, 3.8) is 0 Å². The standard InChI is InChI=1S/C13H20N2O3S/c1-14-8-11-3-2-4-12(7-11)10-19(16,17)15-13-5-6-18-9-13/h2-4,7,13-15H,5-6,8-10H2,1H3. The molecule has 1 aliphatic heterocycles. The molecule has 0 saturated carbocycles. The van der Waals surface area contributed by atoms with Gasteiger partial charge in [0, 0.05) is 19.2 Å². The summed E-state index contributed by atoms with van der Waals surface area (Å²) in [6.07, 6.45) is 0.749. The molecule has 1 aromatic carbocycles. The van der Waals surface area contributed by atoms with E-state index in [1.54, 1.807) is 0 Å². The summed E-state index contributed by atoms with van der Waals surface area (Å²) in [6, 6.07) is 7.54. The van der Waals surface area contributed by atoms with Crippen molar-refractivity contribution in [2.24, 2.45) is 0 Å². The Bertz CT molecular complexity index is 510. The van der Waals surface area contributed by atoms with Crippen LogP contribution in [-0.4, -0.2) is 34.7 Å². The van der Waals surface area contributed by atoms with Gasteiger partial charge in [0.05, 0.1) is 12.4 Å². The Morgan fingerprint density at radius 1 is 1.37 bits per heavy atom. The van der Waals surface area contributed by atoms with Gasteiger partial charge >= 0.3 is 0 Å². The molecule has 0 bridgehead atoms. The molecule has 1 aromatic rings. The van der Waals surface area contributed by atoms with Crippen molar-refractivity contribution in [3.8, 4) is 0 Å². The van der Waals surface area contributed by atoms with E-state index < -0.39 is 10.0 Å². The molecule has 19 heavy (non-hydrogen) atoms. The van der Waals surface area contributed by atoms with Gasteiger partial charge in [-0.15, -0.1) is 0 Å². The maximum absolute atomic E-state index is 12.0. The molecule has 1 saturated heterocycles. The highest BCUT2D eigenvalue weighted by atomic mass is 32.2. The van der Waals surface area contributed by atoms with Crippen molar-refractivity contribution in [1.82, 2.24) is 10.0 Å². The van der Waals surface area contributed by atoms with Crippen molar-refractivity contribution in [2.45, 2.75) is 24.8 Å². The van der Waals surface area contributed by atoms with Crippen LogP contribution in [0.2, 0.25) is 0 Å². The van der Waals surface area contributed by atoms with Crippen LogP contribution >= 0.6 is 0 Å². The van der Waals surface area contributed by atoms with Crippen LogP contribution in [0.5, 0.6) is 0 Å². The van der Waals surface area contributed by atoms with Gasteiger partial charge in [-0.3, -0.25) is 0 Å². The lowest BCUT2D eigenvalue weighted by atomic mass is 10.1. The van der Waals surface area contributed by atoms with Gasteiger partial charge in [0.1, 0.15) is 0 Å². The van der Waals surface area contributed by atoms with Crippen molar-refractivity contribution >= 4 is 10.0 Å². The third-order valence-electron chi connectivity index (χ3n) is 3.00. The van der Waals surface area contributed by atoms with Gasteiger partial charge in [-0.1, -0.05) is 24.3 Å². The van der Waals surface area contributed by atoms with Gasteiger partial charge in [0.25, 0.3) is 0 Å². The van der Waals surface area contributed by atoms with Crippen LogP contribution in [0.4, 0.5) is 0 Å². The normalized spacial score (nSPS) is 19.7. The van der Waals surface area contributed by atoms with Crippen LogP contribution in [0.1, 0.15) is 17.5 Å². The summed E-state index contributed by atoms with van der Waals surface area (Å²) < 4.78 is 31.9. The molecule has 0 amide bonds. The third-order valence-corrected chi connectivity index (χ3v) is 4.41. The summed E-state index contributed by atoms with van der Waals surface area (Å²) in [5, 5.41) is 3.05. The SMILES string of the molecule is CNCc1cccc(CS(=O)(=O)NC2CCOC2)c1. The van der Waals surface area contributed by atoms with E-state index in [2.05, 4.69) is 10.0 Å². The predicted molar refractivity (Wildman–Crippen MR) is 74.2 cm³/mol. The highest BCUT2D eigenvalue weighted by Crippen LogP contribution is 2.11. The van der Waals surface area contributed by atoms with E-state index in [9.17, 15) is 8.42 Å². The minimum atomic E-state index is -3.30. The third kappa shape index (κ3) is 4.58. The zero-order valence-corrected chi connectivity index (χ0v) is 11.9. The van der Waals surface area contributed by atoms with E-state index in [0.29, 0.717) is 13.2 Å². The summed E-state index contributed by atoms with van der Waals surface area (Å²) in [6.45, 7) is 1.83. The smallest absolute Gasteiger partial charge is 0.216 e. The number of sulfonamides is 1. The van der Waals surface area contributed by atoms with Gasteiger partial charge in [0.2, 0.25) is 10.0 Å². The monoisotopic (exact) mass is 284 g/mol. The first-order valence-electron chi connectivity index (χ1n) is 6.39. The zero-order valence-electron chi connectivity index (χ0n) is 11.1. The highest BCUT2D eigenvalue weighted by molar-refractivity contribution is 7.88. The Morgan fingerprint density at radius 3 is 2.84 bits per heavy atom. The fraction of sp³-hybridized carbons (Fsp3) is 0.538. The Balaban J connectivity index is 2.00. The number of ether oxygens (including phenoxy) is 1. The maximum atomic E-state index is 12.0. The lowest BCUT2D eigenvalue weighted by Gasteiger charge is -2.12. The first kappa shape index (κ1) is 14.5. The van der Waals surface area contributed by atoms with Gasteiger partial charge in [-0.05, 0) is 24.6 Å². The molecule has 2 N–H and O–H groups in total. The molecule has 0 spiro atoms. The van der Waals surface area contributed by atoms with E-state index in [-0.39, 0.29) is 11.8 Å². The second-order valence-corrected chi connectivity index (χ2v) is 6.54. The minimum Gasteiger partial charge on any atom is -0.380 e. The molecule has 1 fully saturated rings. The topological polar surface area (TPSA) is 67.4 Å². The van der Waals surface area contributed by atoms with E-state index in [4.69, 9.17) is 4.74 Å². The Kier molecular flexibility index (Phi) is 4.93. The molecular formula is C13H20N2O3S. The fourth-order valence-electron chi connectivity index (χ4n) is 2.18. The number of nitrogens with one attached hydrogen (secondary N) is 2. The molecule has 2 rings (SSSR count). The lowest BCUT2D eigenvalue weighted by Crippen LogP contribution is -2.35. The minimum absolute atomic E-state index is 0.0149. The predicted octanol–water partition coefficient (Wildman–Crippen LogP) is 0.614.